The Morgan fingerprint density at radius 3 is 2.33 bits per heavy atom. The van der Waals surface area contributed by atoms with Crippen molar-refractivity contribution in [3.8, 4) is 0 Å². The van der Waals surface area contributed by atoms with Crippen LogP contribution in [0.3, 0.4) is 0 Å². The van der Waals surface area contributed by atoms with E-state index in [0.29, 0.717) is 12.2 Å². The van der Waals surface area contributed by atoms with Crippen molar-refractivity contribution in [2.24, 2.45) is 0 Å². The van der Waals surface area contributed by atoms with Crippen molar-refractivity contribution >= 4 is 29.4 Å². The van der Waals surface area contributed by atoms with Gasteiger partial charge in [0.15, 0.2) is 6.61 Å². The first-order valence-corrected chi connectivity index (χ1v) is 7.92. The van der Waals surface area contributed by atoms with Crippen LogP contribution in [0, 0.1) is 0 Å². The fraction of sp³-hybridized carbons (Fsp3) is 0.412. The van der Waals surface area contributed by atoms with Crippen LogP contribution in [0.25, 0.3) is 0 Å². The van der Waals surface area contributed by atoms with E-state index in [1.54, 1.807) is 0 Å². The van der Waals surface area contributed by atoms with Gasteiger partial charge in [0, 0.05) is 19.4 Å². The van der Waals surface area contributed by atoms with Gasteiger partial charge in [0.2, 0.25) is 11.8 Å². The van der Waals surface area contributed by atoms with Gasteiger partial charge in [0.25, 0.3) is 5.91 Å². The van der Waals surface area contributed by atoms with Crippen molar-refractivity contribution in [2.75, 3.05) is 18.1 Å². The highest BCUT2D eigenvalue weighted by molar-refractivity contribution is 6.19. The van der Waals surface area contributed by atoms with Gasteiger partial charge in [-0.15, -0.1) is 0 Å². The van der Waals surface area contributed by atoms with E-state index in [9.17, 15) is 19.2 Å². The van der Waals surface area contributed by atoms with Crippen LogP contribution in [0.15, 0.2) is 24.3 Å². The number of anilines is 1. The van der Waals surface area contributed by atoms with Crippen molar-refractivity contribution in [1.29, 1.82) is 0 Å². The van der Waals surface area contributed by atoms with Gasteiger partial charge >= 0.3 is 5.97 Å². The number of unbranched alkanes of at least 4 members (excludes halogenated alkanes) is 1. The Morgan fingerprint density at radius 2 is 1.75 bits per heavy atom. The molecule has 24 heavy (non-hydrogen) atoms. The SMILES string of the molecule is CCCCNC(=O)COC(=O)c1ccc(N2C(=O)CCC2=O)cc1. The minimum atomic E-state index is -0.633. The van der Waals surface area contributed by atoms with E-state index in [2.05, 4.69) is 5.32 Å². The largest absolute Gasteiger partial charge is 0.452 e. The van der Waals surface area contributed by atoms with Crippen LogP contribution in [-0.2, 0) is 19.1 Å². The molecule has 128 valence electrons. The molecule has 1 fully saturated rings. The van der Waals surface area contributed by atoms with Crippen molar-refractivity contribution in [3.05, 3.63) is 29.8 Å². The molecule has 0 atom stereocenters. The maximum absolute atomic E-state index is 11.9. The molecule has 1 saturated heterocycles. The number of carbonyl (C=O) groups is 4. The van der Waals surface area contributed by atoms with Crippen LogP contribution in [0.2, 0.25) is 0 Å². The molecule has 0 saturated carbocycles. The monoisotopic (exact) mass is 332 g/mol. The first-order chi connectivity index (χ1) is 11.5. The molecule has 2 rings (SSSR count). The fourth-order valence-electron chi connectivity index (χ4n) is 2.28. The number of nitrogens with zero attached hydrogens (tertiary/aromatic N) is 1. The number of esters is 1. The molecule has 1 aromatic rings. The summed E-state index contributed by atoms with van der Waals surface area (Å²) in [6, 6.07) is 5.95. The Balaban J connectivity index is 1.88. The zero-order chi connectivity index (χ0) is 17.5. The van der Waals surface area contributed by atoms with Crippen molar-refractivity contribution in [1.82, 2.24) is 5.32 Å². The molecule has 7 nitrogen and oxygen atoms in total. The summed E-state index contributed by atoms with van der Waals surface area (Å²) in [6.07, 6.45) is 2.25. The molecule has 3 amide bonds. The van der Waals surface area contributed by atoms with Crippen LogP contribution in [0.1, 0.15) is 43.0 Å². The number of amides is 3. The van der Waals surface area contributed by atoms with Crippen molar-refractivity contribution in [3.63, 3.8) is 0 Å². The summed E-state index contributed by atoms with van der Waals surface area (Å²) in [5.41, 5.74) is 0.676. The molecule has 7 heteroatoms. The average Bonchev–Trinajstić information content (AvgIpc) is 2.92. The molecular weight excluding hydrogens is 312 g/mol. The topological polar surface area (TPSA) is 92.8 Å². The highest BCUT2D eigenvalue weighted by Crippen LogP contribution is 2.22. The van der Waals surface area contributed by atoms with Gasteiger partial charge in [-0.3, -0.25) is 19.3 Å². The summed E-state index contributed by atoms with van der Waals surface area (Å²) in [5.74, 6) is -1.48. The van der Waals surface area contributed by atoms with Crippen LogP contribution in [0.4, 0.5) is 5.69 Å². The van der Waals surface area contributed by atoms with E-state index in [-0.39, 0.29) is 42.7 Å². The van der Waals surface area contributed by atoms with E-state index >= 15 is 0 Å². The predicted molar refractivity (Wildman–Crippen MR) is 86.4 cm³/mol. The fourth-order valence-corrected chi connectivity index (χ4v) is 2.28. The molecule has 1 N–H and O–H groups in total. The number of nitrogens with one attached hydrogen (secondary N) is 1. The first-order valence-electron chi connectivity index (χ1n) is 7.92. The number of benzene rings is 1. The third-order valence-corrected chi connectivity index (χ3v) is 3.60. The van der Waals surface area contributed by atoms with Crippen molar-refractivity contribution in [2.45, 2.75) is 32.6 Å². The molecular formula is C17H20N2O5. The Morgan fingerprint density at radius 1 is 1.12 bits per heavy atom. The normalized spacial score (nSPS) is 14.0. The quantitative estimate of drug-likeness (QED) is 0.463. The van der Waals surface area contributed by atoms with Gasteiger partial charge in [-0.05, 0) is 30.7 Å². The summed E-state index contributed by atoms with van der Waals surface area (Å²) >= 11 is 0. The summed E-state index contributed by atoms with van der Waals surface area (Å²) < 4.78 is 4.93. The van der Waals surface area contributed by atoms with E-state index in [0.717, 1.165) is 17.7 Å². The third-order valence-electron chi connectivity index (χ3n) is 3.60. The van der Waals surface area contributed by atoms with Gasteiger partial charge in [-0.1, -0.05) is 13.3 Å². The highest BCUT2D eigenvalue weighted by atomic mass is 16.5. The Hall–Kier alpha value is -2.70. The first kappa shape index (κ1) is 17.7. The smallest absolute Gasteiger partial charge is 0.338 e. The number of ether oxygens (including phenoxy) is 1. The van der Waals surface area contributed by atoms with Crippen LogP contribution in [0.5, 0.6) is 0 Å². The van der Waals surface area contributed by atoms with Gasteiger partial charge < -0.3 is 10.1 Å². The summed E-state index contributed by atoms with van der Waals surface area (Å²) in [7, 11) is 0. The lowest BCUT2D eigenvalue weighted by molar-refractivity contribution is -0.124. The molecule has 0 radical (unpaired) electrons. The predicted octanol–water partition coefficient (Wildman–Crippen LogP) is 1.41. The van der Waals surface area contributed by atoms with E-state index in [4.69, 9.17) is 4.74 Å². The molecule has 0 spiro atoms. The summed E-state index contributed by atoms with van der Waals surface area (Å²) in [5, 5.41) is 2.65. The molecule has 0 unspecified atom stereocenters. The van der Waals surface area contributed by atoms with E-state index in [1.165, 1.54) is 24.3 Å². The summed E-state index contributed by atoms with van der Waals surface area (Å²) in [4.78, 5) is 47.8. The van der Waals surface area contributed by atoms with Gasteiger partial charge in [-0.25, -0.2) is 4.79 Å². The van der Waals surface area contributed by atoms with Crippen LogP contribution >= 0.6 is 0 Å². The Kier molecular flexibility index (Phi) is 6.06. The lowest BCUT2D eigenvalue weighted by Crippen LogP contribution is -2.29. The van der Waals surface area contributed by atoms with E-state index in [1.807, 2.05) is 6.92 Å². The number of rotatable bonds is 7. The third kappa shape index (κ3) is 4.41. The second kappa shape index (κ2) is 8.24. The molecule has 0 aliphatic carbocycles. The minimum Gasteiger partial charge on any atom is -0.452 e. The standard InChI is InChI=1S/C17H20N2O5/c1-2-3-10-18-14(20)11-24-17(23)12-4-6-13(7-5-12)19-15(21)8-9-16(19)22/h4-7H,2-3,8-11H2,1H3,(H,18,20). The number of hydrogen-bond acceptors (Lipinski definition) is 5. The lowest BCUT2D eigenvalue weighted by Gasteiger charge is -2.14. The Bertz CT molecular complexity index is 623. The lowest BCUT2D eigenvalue weighted by atomic mass is 10.2. The second-order valence-electron chi connectivity index (χ2n) is 5.45. The maximum atomic E-state index is 11.9. The number of imide groups is 1. The second-order valence-corrected chi connectivity index (χ2v) is 5.45. The molecule has 1 heterocycles. The molecule has 1 aliphatic rings. The molecule has 1 aliphatic heterocycles. The van der Waals surface area contributed by atoms with Crippen LogP contribution < -0.4 is 10.2 Å². The molecule has 0 aromatic heterocycles. The van der Waals surface area contributed by atoms with Crippen molar-refractivity contribution < 1.29 is 23.9 Å². The van der Waals surface area contributed by atoms with E-state index < -0.39 is 5.97 Å². The number of hydrogen-bond donors (Lipinski definition) is 1. The summed E-state index contributed by atoms with van der Waals surface area (Å²) in [6.45, 7) is 2.23. The highest BCUT2D eigenvalue weighted by Gasteiger charge is 2.30. The Labute approximate surface area is 140 Å². The minimum absolute atomic E-state index is 0.204. The van der Waals surface area contributed by atoms with Gasteiger partial charge in [0.05, 0.1) is 11.3 Å². The molecule has 1 aromatic carbocycles. The zero-order valence-corrected chi connectivity index (χ0v) is 13.5. The zero-order valence-electron chi connectivity index (χ0n) is 13.5. The number of carbonyl (C=O) groups excluding carboxylic acids is 4. The van der Waals surface area contributed by atoms with Crippen LogP contribution in [-0.4, -0.2) is 36.8 Å². The van der Waals surface area contributed by atoms with Gasteiger partial charge in [0.1, 0.15) is 0 Å². The average molecular weight is 332 g/mol. The molecule has 0 bridgehead atoms. The van der Waals surface area contributed by atoms with Gasteiger partial charge in [-0.2, -0.15) is 0 Å². The maximum Gasteiger partial charge on any atom is 0.338 e.